The number of amides is 1. The van der Waals surface area contributed by atoms with E-state index >= 15 is 0 Å². The molecule has 1 aromatic rings. The first-order chi connectivity index (χ1) is 11.2. The van der Waals surface area contributed by atoms with Crippen LogP contribution in [0.4, 0.5) is 0 Å². The number of ether oxygens (including phenoxy) is 2. The molecule has 0 aromatic heterocycles. The van der Waals surface area contributed by atoms with Crippen molar-refractivity contribution in [1.82, 2.24) is 4.90 Å². The standard InChI is InChI=1S/C18H28N2O3.ClH/c1-15(23-14-17-9-5-12-22-17)18(21)20(11-6-10-19)13-16-7-3-2-4-8-16;/h2-4,7-8,15,17H,5-6,9-14,19H2,1H3;1H. The Bertz CT molecular complexity index is 467. The summed E-state index contributed by atoms with van der Waals surface area (Å²) in [7, 11) is 0. The Balaban J connectivity index is 0.00000288. The average molecular weight is 357 g/mol. The van der Waals surface area contributed by atoms with Crippen molar-refractivity contribution in [2.75, 3.05) is 26.3 Å². The second-order valence-corrected chi connectivity index (χ2v) is 6.00. The largest absolute Gasteiger partial charge is 0.376 e. The van der Waals surface area contributed by atoms with E-state index in [1.54, 1.807) is 0 Å². The van der Waals surface area contributed by atoms with Gasteiger partial charge in [0.2, 0.25) is 0 Å². The molecule has 2 atom stereocenters. The zero-order chi connectivity index (χ0) is 16.5. The number of benzene rings is 1. The molecule has 1 saturated heterocycles. The smallest absolute Gasteiger partial charge is 0.251 e. The Hall–Kier alpha value is -1.14. The van der Waals surface area contributed by atoms with Gasteiger partial charge in [0.15, 0.2) is 0 Å². The molecule has 6 heteroatoms. The van der Waals surface area contributed by atoms with Gasteiger partial charge in [-0.15, -0.1) is 12.4 Å². The molecular formula is C18H29ClN2O3. The Morgan fingerprint density at radius 3 is 2.79 bits per heavy atom. The maximum Gasteiger partial charge on any atom is 0.251 e. The molecule has 1 aromatic carbocycles. The van der Waals surface area contributed by atoms with Crippen molar-refractivity contribution in [2.45, 2.75) is 44.9 Å². The summed E-state index contributed by atoms with van der Waals surface area (Å²) in [6.45, 7) is 4.92. The number of hydrogen-bond donors (Lipinski definition) is 1. The van der Waals surface area contributed by atoms with Gasteiger partial charge in [-0.1, -0.05) is 30.3 Å². The fraction of sp³-hybridized carbons (Fsp3) is 0.611. The molecule has 5 nitrogen and oxygen atoms in total. The van der Waals surface area contributed by atoms with Crippen LogP contribution in [0.1, 0.15) is 31.7 Å². The molecule has 2 N–H and O–H groups in total. The van der Waals surface area contributed by atoms with Gasteiger partial charge in [0, 0.05) is 19.7 Å². The van der Waals surface area contributed by atoms with Crippen LogP contribution in [0.5, 0.6) is 0 Å². The van der Waals surface area contributed by atoms with E-state index in [4.69, 9.17) is 15.2 Å². The Morgan fingerprint density at radius 2 is 2.17 bits per heavy atom. The average Bonchev–Trinajstić information content (AvgIpc) is 3.10. The highest BCUT2D eigenvalue weighted by atomic mass is 35.5. The van der Waals surface area contributed by atoms with E-state index < -0.39 is 6.10 Å². The minimum atomic E-state index is -0.458. The molecule has 24 heavy (non-hydrogen) atoms. The Morgan fingerprint density at radius 1 is 1.42 bits per heavy atom. The number of carbonyl (C=O) groups is 1. The van der Waals surface area contributed by atoms with Gasteiger partial charge in [-0.3, -0.25) is 4.79 Å². The van der Waals surface area contributed by atoms with Gasteiger partial charge >= 0.3 is 0 Å². The van der Waals surface area contributed by atoms with E-state index in [0.29, 0.717) is 26.2 Å². The first-order valence-electron chi connectivity index (χ1n) is 8.46. The van der Waals surface area contributed by atoms with Crippen LogP contribution in [0, 0.1) is 0 Å². The fourth-order valence-corrected chi connectivity index (χ4v) is 2.71. The molecule has 1 aliphatic rings. The predicted molar refractivity (Wildman–Crippen MR) is 97.2 cm³/mol. The molecule has 1 fully saturated rings. The van der Waals surface area contributed by atoms with Crippen LogP contribution in [0.15, 0.2) is 30.3 Å². The molecule has 1 amide bonds. The van der Waals surface area contributed by atoms with Crippen LogP contribution < -0.4 is 5.73 Å². The van der Waals surface area contributed by atoms with E-state index in [1.807, 2.05) is 42.2 Å². The molecule has 1 aliphatic heterocycles. The SMILES string of the molecule is CC(OCC1CCCO1)C(=O)N(CCCN)Cc1ccccc1.Cl. The second kappa shape index (κ2) is 11.4. The van der Waals surface area contributed by atoms with Crippen LogP contribution in [0.25, 0.3) is 0 Å². The van der Waals surface area contributed by atoms with Gasteiger partial charge in [0.05, 0.1) is 12.7 Å². The molecule has 0 saturated carbocycles. The molecule has 2 unspecified atom stereocenters. The maximum atomic E-state index is 12.7. The lowest BCUT2D eigenvalue weighted by molar-refractivity contribution is -0.145. The molecule has 136 valence electrons. The normalized spacial score (nSPS) is 18.0. The maximum absolute atomic E-state index is 12.7. The van der Waals surface area contributed by atoms with Gasteiger partial charge in [-0.25, -0.2) is 0 Å². The summed E-state index contributed by atoms with van der Waals surface area (Å²) < 4.78 is 11.3. The van der Waals surface area contributed by atoms with Crippen LogP contribution in [-0.4, -0.2) is 49.3 Å². The number of carbonyl (C=O) groups excluding carboxylic acids is 1. The summed E-state index contributed by atoms with van der Waals surface area (Å²) in [4.78, 5) is 14.5. The summed E-state index contributed by atoms with van der Waals surface area (Å²) >= 11 is 0. The Kier molecular flexibility index (Phi) is 9.95. The van der Waals surface area contributed by atoms with Crippen molar-refractivity contribution in [3.8, 4) is 0 Å². The van der Waals surface area contributed by atoms with E-state index in [-0.39, 0.29) is 24.4 Å². The first kappa shape index (κ1) is 20.9. The molecule has 0 aliphatic carbocycles. The first-order valence-corrected chi connectivity index (χ1v) is 8.46. The van der Waals surface area contributed by atoms with E-state index in [9.17, 15) is 4.79 Å². The van der Waals surface area contributed by atoms with Crippen molar-refractivity contribution in [2.24, 2.45) is 5.73 Å². The molecular weight excluding hydrogens is 328 g/mol. The van der Waals surface area contributed by atoms with Crippen molar-refractivity contribution < 1.29 is 14.3 Å². The zero-order valence-electron chi connectivity index (χ0n) is 14.4. The highest BCUT2D eigenvalue weighted by Crippen LogP contribution is 2.14. The van der Waals surface area contributed by atoms with Crippen LogP contribution in [0.3, 0.4) is 0 Å². The van der Waals surface area contributed by atoms with Crippen molar-refractivity contribution in [3.63, 3.8) is 0 Å². The number of halogens is 1. The van der Waals surface area contributed by atoms with E-state index in [2.05, 4.69) is 0 Å². The molecule has 0 bridgehead atoms. The number of nitrogens with two attached hydrogens (primary N) is 1. The number of rotatable bonds is 9. The third kappa shape index (κ3) is 6.77. The quantitative estimate of drug-likeness (QED) is 0.737. The van der Waals surface area contributed by atoms with E-state index in [1.165, 1.54) is 0 Å². The van der Waals surface area contributed by atoms with E-state index in [0.717, 1.165) is 31.4 Å². The Labute approximate surface area is 150 Å². The van der Waals surface area contributed by atoms with Gasteiger partial charge in [0.1, 0.15) is 6.10 Å². The summed E-state index contributed by atoms with van der Waals surface area (Å²) in [5.74, 6) is 0.0142. The van der Waals surface area contributed by atoms with Gasteiger partial charge in [-0.2, -0.15) is 0 Å². The van der Waals surface area contributed by atoms with Gasteiger partial charge in [0.25, 0.3) is 5.91 Å². The van der Waals surface area contributed by atoms with Crippen LogP contribution >= 0.6 is 12.4 Å². The van der Waals surface area contributed by atoms with Gasteiger partial charge in [-0.05, 0) is 38.3 Å². The molecule has 0 radical (unpaired) electrons. The zero-order valence-corrected chi connectivity index (χ0v) is 15.2. The van der Waals surface area contributed by atoms with Crippen LogP contribution in [-0.2, 0) is 20.8 Å². The lowest BCUT2D eigenvalue weighted by Crippen LogP contribution is -2.40. The summed E-state index contributed by atoms with van der Waals surface area (Å²) in [5.41, 5.74) is 6.72. The topological polar surface area (TPSA) is 64.8 Å². The number of hydrogen-bond acceptors (Lipinski definition) is 4. The monoisotopic (exact) mass is 356 g/mol. The highest BCUT2D eigenvalue weighted by Gasteiger charge is 2.23. The summed E-state index contributed by atoms with van der Waals surface area (Å²) in [6.07, 6.45) is 2.56. The third-order valence-corrected chi connectivity index (χ3v) is 4.06. The lowest BCUT2D eigenvalue weighted by Gasteiger charge is -2.26. The minimum Gasteiger partial charge on any atom is -0.376 e. The minimum absolute atomic E-state index is 0. The van der Waals surface area contributed by atoms with Crippen molar-refractivity contribution in [3.05, 3.63) is 35.9 Å². The van der Waals surface area contributed by atoms with Crippen molar-refractivity contribution >= 4 is 18.3 Å². The molecule has 2 rings (SSSR count). The second-order valence-electron chi connectivity index (χ2n) is 6.00. The molecule has 0 spiro atoms. The molecule has 1 heterocycles. The summed E-state index contributed by atoms with van der Waals surface area (Å²) in [5, 5.41) is 0. The third-order valence-electron chi connectivity index (χ3n) is 4.06. The predicted octanol–water partition coefficient (Wildman–Crippen LogP) is 2.37. The lowest BCUT2D eigenvalue weighted by atomic mass is 10.2. The highest BCUT2D eigenvalue weighted by molar-refractivity contribution is 5.85. The fourth-order valence-electron chi connectivity index (χ4n) is 2.71. The van der Waals surface area contributed by atoms with Gasteiger partial charge < -0.3 is 20.1 Å². The number of nitrogens with zero attached hydrogens (tertiary/aromatic N) is 1. The van der Waals surface area contributed by atoms with Crippen LogP contribution in [0.2, 0.25) is 0 Å². The van der Waals surface area contributed by atoms with Crippen molar-refractivity contribution in [1.29, 1.82) is 0 Å². The summed E-state index contributed by atoms with van der Waals surface area (Å²) in [6, 6.07) is 10.0.